The predicted octanol–water partition coefficient (Wildman–Crippen LogP) is 1.97. The minimum atomic E-state index is 0.111. The molecule has 0 bridgehead atoms. The van der Waals surface area contributed by atoms with Crippen molar-refractivity contribution < 1.29 is 19.2 Å². The number of epoxide rings is 1. The maximum atomic E-state index is 12.7. The standard InChI is InChI=1S/C21H33NO3/c1-20-7-6-8-21(14-24-21)18(20)11-15-16(19(23)25-17(15)12-20)13-22-9-4-2-3-5-10-22/h15-18H,2-14H2,1H3/p+1/t15-,16+,17-,18-,20-,21+/m1/s1. The first-order chi connectivity index (χ1) is 12.1. The van der Waals surface area contributed by atoms with Crippen LogP contribution in [0, 0.1) is 23.2 Å². The Hall–Kier alpha value is -0.610. The van der Waals surface area contributed by atoms with Gasteiger partial charge in [-0.05, 0) is 69.1 Å². The zero-order chi connectivity index (χ0) is 17.1. The highest BCUT2D eigenvalue weighted by Crippen LogP contribution is 2.62. The molecule has 2 saturated carbocycles. The summed E-state index contributed by atoms with van der Waals surface area (Å²) in [5.41, 5.74) is 0.490. The van der Waals surface area contributed by atoms with E-state index >= 15 is 0 Å². The summed E-state index contributed by atoms with van der Waals surface area (Å²) in [6.07, 6.45) is 11.6. The van der Waals surface area contributed by atoms with Gasteiger partial charge in [-0.2, -0.15) is 0 Å². The molecule has 0 aromatic heterocycles. The zero-order valence-corrected chi connectivity index (χ0v) is 15.7. The van der Waals surface area contributed by atoms with Gasteiger partial charge in [0.25, 0.3) is 0 Å². The van der Waals surface area contributed by atoms with E-state index in [1.165, 1.54) is 58.0 Å². The topological polar surface area (TPSA) is 43.3 Å². The highest BCUT2D eigenvalue weighted by Gasteiger charge is 2.65. The molecule has 0 aromatic carbocycles. The van der Waals surface area contributed by atoms with Crippen LogP contribution < -0.4 is 4.90 Å². The number of quaternary nitrogens is 1. The largest absolute Gasteiger partial charge is 0.462 e. The fourth-order valence-electron chi connectivity index (χ4n) is 6.93. The molecule has 5 rings (SSSR count). The number of carbonyl (C=O) groups is 1. The number of likely N-dealkylation sites (tertiary alicyclic amines) is 1. The smallest absolute Gasteiger partial charge is 0.315 e. The summed E-state index contributed by atoms with van der Waals surface area (Å²) in [6.45, 7) is 6.90. The van der Waals surface area contributed by atoms with Crippen molar-refractivity contribution in [2.24, 2.45) is 23.2 Å². The number of ether oxygens (including phenoxy) is 2. The maximum absolute atomic E-state index is 12.7. The second-order valence-corrected chi connectivity index (χ2v) is 9.97. The molecule has 1 N–H and O–H groups in total. The van der Waals surface area contributed by atoms with Crippen LogP contribution in [0.15, 0.2) is 0 Å². The lowest BCUT2D eigenvalue weighted by atomic mass is 9.53. The van der Waals surface area contributed by atoms with Crippen molar-refractivity contribution in [3.8, 4) is 0 Å². The molecule has 4 nitrogen and oxygen atoms in total. The Labute approximate surface area is 151 Å². The molecule has 3 aliphatic heterocycles. The van der Waals surface area contributed by atoms with Gasteiger partial charge in [-0.25, -0.2) is 0 Å². The number of carbonyl (C=O) groups excluding carboxylic acids is 1. The van der Waals surface area contributed by atoms with Crippen molar-refractivity contribution in [1.82, 2.24) is 0 Å². The third kappa shape index (κ3) is 2.75. The van der Waals surface area contributed by atoms with Gasteiger partial charge in [-0.15, -0.1) is 0 Å². The lowest BCUT2D eigenvalue weighted by Gasteiger charge is -2.51. The average Bonchev–Trinajstić information content (AvgIpc) is 3.32. The van der Waals surface area contributed by atoms with Crippen molar-refractivity contribution in [2.45, 2.75) is 76.4 Å². The van der Waals surface area contributed by atoms with E-state index in [9.17, 15) is 4.79 Å². The molecule has 140 valence electrons. The van der Waals surface area contributed by atoms with E-state index < -0.39 is 0 Å². The van der Waals surface area contributed by atoms with Crippen molar-refractivity contribution in [2.75, 3.05) is 26.2 Å². The molecule has 2 aliphatic carbocycles. The van der Waals surface area contributed by atoms with E-state index in [4.69, 9.17) is 9.47 Å². The predicted molar refractivity (Wildman–Crippen MR) is 94.3 cm³/mol. The molecule has 3 heterocycles. The van der Waals surface area contributed by atoms with E-state index in [2.05, 4.69) is 6.92 Å². The van der Waals surface area contributed by atoms with E-state index in [1.54, 1.807) is 4.90 Å². The molecule has 1 spiro atoms. The highest BCUT2D eigenvalue weighted by atomic mass is 16.6. The molecule has 5 aliphatic rings. The van der Waals surface area contributed by atoms with Crippen LogP contribution >= 0.6 is 0 Å². The van der Waals surface area contributed by atoms with E-state index in [1.807, 2.05) is 0 Å². The second-order valence-electron chi connectivity index (χ2n) is 9.97. The quantitative estimate of drug-likeness (QED) is 0.613. The number of hydrogen-bond acceptors (Lipinski definition) is 3. The van der Waals surface area contributed by atoms with Crippen molar-refractivity contribution in [1.29, 1.82) is 0 Å². The van der Waals surface area contributed by atoms with Crippen molar-refractivity contribution >= 4 is 5.97 Å². The first-order valence-corrected chi connectivity index (χ1v) is 10.8. The van der Waals surface area contributed by atoms with Crippen LogP contribution in [-0.2, 0) is 14.3 Å². The summed E-state index contributed by atoms with van der Waals surface area (Å²) in [7, 11) is 0. The molecular weight excluding hydrogens is 314 g/mol. The third-order valence-electron chi connectivity index (χ3n) is 8.40. The number of rotatable bonds is 2. The Kier molecular flexibility index (Phi) is 3.94. The zero-order valence-electron chi connectivity index (χ0n) is 15.7. The summed E-state index contributed by atoms with van der Waals surface area (Å²) in [4.78, 5) is 14.4. The minimum Gasteiger partial charge on any atom is -0.462 e. The Morgan fingerprint density at radius 2 is 1.88 bits per heavy atom. The summed E-state index contributed by atoms with van der Waals surface area (Å²) in [5, 5.41) is 0. The van der Waals surface area contributed by atoms with Crippen LogP contribution in [-0.4, -0.2) is 43.9 Å². The van der Waals surface area contributed by atoms with Gasteiger partial charge in [0.05, 0.1) is 31.8 Å². The fraction of sp³-hybridized carbons (Fsp3) is 0.952. The lowest BCUT2D eigenvalue weighted by Crippen LogP contribution is -3.12. The van der Waals surface area contributed by atoms with Crippen molar-refractivity contribution in [3.63, 3.8) is 0 Å². The van der Waals surface area contributed by atoms with E-state index in [0.717, 1.165) is 26.0 Å². The molecule has 0 amide bonds. The van der Waals surface area contributed by atoms with Crippen LogP contribution in [0.2, 0.25) is 0 Å². The van der Waals surface area contributed by atoms with Gasteiger partial charge in [-0.3, -0.25) is 4.79 Å². The van der Waals surface area contributed by atoms with Gasteiger partial charge in [-0.1, -0.05) is 6.92 Å². The Bertz CT molecular complexity index is 537. The molecule has 3 saturated heterocycles. The summed E-state index contributed by atoms with van der Waals surface area (Å²) >= 11 is 0. The highest BCUT2D eigenvalue weighted by molar-refractivity contribution is 5.75. The number of nitrogens with one attached hydrogen (secondary N) is 1. The van der Waals surface area contributed by atoms with Crippen LogP contribution in [0.25, 0.3) is 0 Å². The van der Waals surface area contributed by atoms with Crippen LogP contribution in [0.5, 0.6) is 0 Å². The van der Waals surface area contributed by atoms with Gasteiger partial charge < -0.3 is 14.4 Å². The number of fused-ring (bicyclic) bond motifs is 3. The molecule has 4 heteroatoms. The van der Waals surface area contributed by atoms with Crippen LogP contribution in [0.3, 0.4) is 0 Å². The monoisotopic (exact) mass is 348 g/mol. The van der Waals surface area contributed by atoms with Gasteiger partial charge in [0.1, 0.15) is 12.0 Å². The Morgan fingerprint density at radius 1 is 1.12 bits per heavy atom. The Balaban J connectivity index is 1.34. The van der Waals surface area contributed by atoms with Gasteiger partial charge in [0.2, 0.25) is 0 Å². The summed E-state index contributed by atoms with van der Waals surface area (Å²) in [5.74, 6) is 1.34. The molecule has 25 heavy (non-hydrogen) atoms. The van der Waals surface area contributed by atoms with Crippen LogP contribution in [0.4, 0.5) is 0 Å². The molecular formula is C21H34NO3+. The van der Waals surface area contributed by atoms with Gasteiger partial charge in [0, 0.05) is 5.92 Å². The average molecular weight is 349 g/mol. The van der Waals surface area contributed by atoms with E-state index in [-0.39, 0.29) is 23.6 Å². The summed E-state index contributed by atoms with van der Waals surface area (Å²) < 4.78 is 12.0. The van der Waals surface area contributed by atoms with Crippen LogP contribution in [0.1, 0.15) is 64.7 Å². The second kappa shape index (κ2) is 5.95. The minimum absolute atomic E-state index is 0.111. The molecule has 6 atom stereocenters. The molecule has 0 aromatic rings. The lowest BCUT2D eigenvalue weighted by molar-refractivity contribution is -0.902. The molecule has 0 unspecified atom stereocenters. The summed E-state index contributed by atoms with van der Waals surface area (Å²) in [6, 6.07) is 0. The third-order valence-corrected chi connectivity index (χ3v) is 8.40. The first kappa shape index (κ1) is 16.6. The molecule has 0 radical (unpaired) electrons. The number of esters is 1. The Morgan fingerprint density at radius 3 is 2.60 bits per heavy atom. The number of hydrogen-bond donors (Lipinski definition) is 1. The van der Waals surface area contributed by atoms with Gasteiger partial charge in [0.15, 0.2) is 0 Å². The molecule has 5 fully saturated rings. The fourth-order valence-corrected chi connectivity index (χ4v) is 6.93. The van der Waals surface area contributed by atoms with Crippen molar-refractivity contribution in [3.05, 3.63) is 0 Å². The van der Waals surface area contributed by atoms with E-state index in [0.29, 0.717) is 17.3 Å². The van der Waals surface area contributed by atoms with Gasteiger partial charge >= 0.3 is 5.97 Å². The normalized spacial score (nSPS) is 50.0. The SMILES string of the molecule is C[C@]12CCC[C@]3(CO3)[C@@H]1C[C@@H]1[C@H](C[NH+]3CCCCCC3)C(=O)O[C@@H]1C2. The first-order valence-electron chi connectivity index (χ1n) is 10.8. The maximum Gasteiger partial charge on any atom is 0.315 e.